The summed E-state index contributed by atoms with van der Waals surface area (Å²) in [5, 5.41) is 11.3. The number of aliphatic carboxylic acids is 1. The molecule has 0 aliphatic carbocycles. The third kappa shape index (κ3) is 1.20. The number of rotatable bonds is 1. The first-order valence-electron chi connectivity index (χ1n) is 3.49. The van der Waals surface area contributed by atoms with E-state index in [1.54, 1.807) is 12.1 Å². The minimum Gasteiger partial charge on any atom is -0.541 e. The molecule has 0 N–H and O–H groups in total. The minimum absolute atomic E-state index is 0.355. The molecule has 1 aliphatic heterocycles. The maximum atomic E-state index is 10.5. The molecule has 1 aromatic heterocycles. The maximum absolute atomic E-state index is 10.5. The molecular formula is C8H4NO4-. The molecule has 5 heteroatoms. The zero-order valence-electron chi connectivity index (χ0n) is 6.39. The highest BCUT2D eigenvalue weighted by Gasteiger charge is 2.08. The van der Waals surface area contributed by atoms with E-state index in [2.05, 4.69) is 14.8 Å². The second-order valence-electron chi connectivity index (χ2n) is 2.35. The molecule has 0 aromatic carbocycles. The van der Waals surface area contributed by atoms with Crippen LogP contribution < -0.4 is 15.7 Å². The molecule has 13 heavy (non-hydrogen) atoms. The quantitative estimate of drug-likeness (QED) is 0.450. The Labute approximate surface area is 72.5 Å². The molecule has 0 saturated heterocycles. The fraction of sp³-hybridized carbons (Fsp3) is 0. The Morgan fingerprint density at radius 2 is 2.38 bits per heavy atom. The summed E-state index contributed by atoms with van der Waals surface area (Å²) in [7, 11) is 0. The van der Waals surface area contributed by atoms with Gasteiger partial charge in [0, 0.05) is 6.20 Å². The van der Waals surface area contributed by atoms with E-state index in [0.717, 1.165) is 0 Å². The summed E-state index contributed by atoms with van der Waals surface area (Å²) in [6.07, 6.45) is 2.75. The largest absolute Gasteiger partial charge is 0.541 e. The molecule has 0 spiro atoms. The van der Waals surface area contributed by atoms with Gasteiger partial charge in [-0.25, -0.2) is 0 Å². The number of carbonyl (C=O) groups is 1. The van der Waals surface area contributed by atoms with Crippen molar-refractivity contribution in [1.29, 1.82) is 0 Å². The number of nitrogens with zero attached hydrogens (tertiary/aromatic N) is 1. The predicted molar refractivity (Wildman–Crippen MR) is 38.5 cm³/mol. The fourth-order valence-electron chi connectivity index (χ4n) is 1.01. The molecule has 0 bridgehead atoms. The second kappa shape index (κ2) is 2.78. The van der Waals surface area contributed by atoms with Gasteiger partial charge in [0.1, 0.15) is 11.3 Å². The molecule has 66 valence electrons. The summed E-state index contributed by atoms with van der Waals surface area (Å²) in [6, 6.07) is 3.16. The van der Waals surface area contributed by atoms with Crippen molar-refractivity contribution in [2.45, 2.75) is 0 Å². The molecule has 2 heterocycles. The maximum Gasteiger partial charge on any atom is 0.210 e. The van der Waals surface area contributed by atoms with Crippen molar-refractivity contribution in [2.24, 2.45) is 0 Å². The number of hydrogen-bond acceptors (Lipinski definition) is 5. The Hall–Kier alpha value is -2.04. The van der Waals surface area contributed by atoms with E-state index in [9.17, 15) is 9.90 Å². The number of hydrogen-bond donors (Lipinski definition) is 0. The molecule has 0 fully saturated rings. The van der Waals surface area contributed by atoms with Gasteiger partial charge in [-0.3, -0.25) is 14.8 Å². The van der Waals surface area contributed by atoms with Gasteiger partial charge in [-0.2, -0.15) is 0 Å². The first-order chi connectivity index (χ1) is 6.29. The molecule has 0 radical (unpaired) electrons. The van der Waals surface area contributed by atoms with Crippen LogP contribution in [-0.2, 0) is 14.6 Å². The molecule has 1 aromatic rings. The summed E-state index contributed by atoms with van der Waals surface area (Å²) >= 11 is 0. The lowest BCUT2D eigenvalue weighted by molar-refractivity contribution is -0.304. The average Bonchev–Trinajstić information content (AvgIpc) is 2.17. The van der Waals surface area contributed by atoms with E-state index in [1.165, 1.54) is 12.5 Å². The van der Waals surface area contributed by atoms with Crippen molar-refractivity contribution in [3.05, 3.63) is 28.9 Å². The van der Waals surface area contributed by atoms with E-state index in [-0.39, 0.29) is 5.76 Å². The first kappa shape index (κ1) is 7.60. The number of carboxylic acid groups (broad SMARTS) is 1. The zero-order chi connectivity index (χ0) is 9.26. The van der Waals surface area contributed by atoms with Gasteiger partial charge in [0.05, 0.1) is 5.22 Å². The molecule has 1 aliphatic rings. The number of pyridine rings is 1. The Morgan fingerprint density at radius 1 is 1.54 bits per heavy atom. The SMILES string of the molecule is O=C([O-])C1=c2cccnc2=COO1. The van der Waals surface area contributed by atoms with E-state index in [0.29, 0.717) is 10.6 Å². The smallest absolute Gasteiger partial charge is 0.210 e. The van der Waals surface area contributed by atoms with E-state index in [4.69, 9.17) is 0 Å². The Balaban J connectivity index is 2.83. The van der Waals surface area contributed by atoms with Crippen LogP contribution in [0.1, 0.15) is 0 Å². The summed E-state index contributed by atoms with van der Waals surface area (Å²) in [5.41, 5.74) is 0. The number of carboxylic acids is 1. The highest BCUT2D eigenvalue weighted by molar-refractivity contribution is 6.03. The predicted octanol–water partition coefficient (Wildman–Crippen LogP) is -2.36. The van der Waals surface area contributed by atoms with Crippen LogP contribution in [0.15, 0.2) is 18.3 Å². The topological polar surface area (TPSA) is 71.5 Å². The summed E-state index contributed by atoms with van der Waals surface area (Å²) in [4.78, 5) is 23.3. The monoisotopic (exact) mass is 178 g/mol. The van der Waals surface area contributed by atoms with Crippen molar-refractivity contribution >= 4 is 18.0 Å². The Bertz CT molecular complexity index is 465. The Morgan fingerprint density at radius 3 is 3.15 bits per heavy atom. The van der Waals surface area contributed by atoms with Crippen LogP contribution >= 0.6 is 0 Å². The van der Waals surface area contributed by atoms with Crippen LogP contribution in [0.2, 0.25) is 0 Å². The van der Waals surface area contributed by atoms with Gasteiger partial charge in [-0.15, -0.1) is 0 Å². The molecule has 0 atom stereocenters. The molecular weight excluding hydrogens is 174 g/mol. The summed E-state index contributed by atoms with van der Waals surface area (Å²) in [6.45, 7) is 0. The fourth-order valence-corrected chi connectivity index (χ4v) is 1.01. The van der Waals surface area contributed by atoms with Crippen LogP contribution in [-0.4, -0.2) is 11.0 Å². The molecule has 0 unspecified atom stereocenters. The lowest BCUT2D eigenvalue weighted by atomic mass is 10.3. The van der Waals surface area contributed by atoms with Crippen molar-refractivity contribution in [1.82, 2.24) is 4.98 Å². The number of fused-ring (bicyclic) bond motifs is 1. The molecule has 0 amide bonds. The van der Waals surface area contributed by atoms with E-state index < -0.39 is 5.97 Å². The summed E-state index contributed by atoms with van der Waals surface area (Å²) < 4.78 is 0. The molecule has 5 nitrogen and oxygen atoms in total. The number of aromatic nitrogens is 1. The lowest BCUT2D eigenvalue weighted by Crippen LogP contribution is -2.39. The van der Waals surface area contributed by atoms with Crippen LogP contribution in [0.3, 0.4) is 0 Å². The van der Waals surface area contributed by atoms with Crippen molar-refractivity contribution < 1.29 is 19.7 Å². The third-order valence-corrected chi connectivity index (χ3v) is 1.56. The van der Waals surface area contributed by atoms with Gasteiger partial charge in [-0.1, -0.05) is 0 Å². The average molecular weight is 178 g/mol. The lowest BCUT2D eigenvalue weighted by Gasteiger charge is -2.10. The van der Waals surface area contributed by atoms with Crippen LogP contribution in [0.5, 0.6) is 0 Å². The standard InChI is InChI=1S/C8H5NO4/c10-8(11)7-5-2-1-3-9-6(5)4-12-13-7/h1-4H,(H,10,11)/p-1. The van der Waals surface area contributed by atoms with Crippen LogP contribution in [0.25, 0.3) is 12.0 Å². The normalized spacial score (nSPS) is 13.4. The van der Waals surface area contributed by atoms with Crippen molar-refractivity contribution in [3.63, 3.8) is 0 Å². The van der Waals surface area contributed by atoms with E-state index in [1.807, 2.05) is 0 Å². The molecule has 2 rings (SSSR count). The highest BCUT2D eigenvalue weighted by Crippen LogP contribution is 1.97. The first-order valence-corrected chi connectivity index (χ1v) is 3.49. The van der Waals surface area contributed by atoms with Crippen molar-refractivity contribution in [3.8, 4) is 0 Å². The van der Waals surface area contributed by atoms with Crippen LogP contribution in [0, 0.1) is 0 Å². The Kier molecular flexibility index (Phi) is 1.63. The van der Waals surface area contributed by atoms with Crippen molar-refractivity contribution in [2.75, 3.05) is 0 Å². The van der Waals surface area contributed by atoms with E-state index >= 15 is 0 Å². The van der Waals surface area contributed by atoms with Gasteiger partial charge in [-0.05, 0) is 12.1 Å². The third-order valence-electron chi connectivity index (χ3n) is 1.56. The second-order valence-corrected chi connectivity index (χ2v) is 2.35. The van der Waals surface area contributed by atoms with Gasteiger partial charge in [0.25, 0.3) is 0 Å². The van der Waals surface area contributed by atoms with Crippen LogP contribution in [0.4, 0.5) is 0 Å². The minimum atomic E-state index is -1.43. The molecule has 0 saturated carbocycles. The van der Waals surface area contributed by atoms with Gasteiger partial charge in [0.2, 0.25) is 5.76 Å². The number of carbonyl (C=O) groups excluding carboxylic acids is 1. The zero-order valence-corrected chi connectivity index (χ0v) is 6.39. The summed E-state index contributed by atoms with van der Waals surface area (Å²) in [5.74, 6) is -1.78. The highest BCUT2D eigenvalue weighted by atomic mass is 17.2. The van der Waals surface area contributed by atoms with Gasteiger partial charge >= 0.3 is 0 Å². The van der Waals surface area contributed by atoms with Gasteiger partial charge in [0.15, 0.2) is 6.26 Å². The van der Waals surface area contributed by atoms with Gasteiger partial charge < -0.3 is 9.90 Å².